The number of amides is 1. The van der Waals surface area contributed by atoms with E-state index in [0.717, 1.165) is 12.3 Å². The lowest BCUT2D eigenvalue weighted by Gasteiger charge is -2.14. The summed E-state index contributed by atoms with van der Waals surface area (Å²) in [6, 6.07) is 5.08. The molecule has 0 fully saturated rings. The zero-order chi connectivity index (χ0) is 14.4. The number of carbonyl (C=O) groups excluding carboxylic acids is 1. The van der Waals surface area contributed by atoms with Crippen molar-refractivity contribution in [1.29, 1.82) is 0 Å². The van der Waals surface area contributed by atoms with Gasteiger partial charge in [0.15, 0.2) is 0 Å². The van der Waals surface area contributed by atoms with Gasteiger partial charge in [0.25, 0.3) is 0 Å². The van der Waals surface area contributed by atoms with Crippen LogP contribution in [0.4, 0.5) is 11.4 Å². The molecule has 0 spiro atoms. The minimum Gasteiger partial charge on any atom is -0.397 e. The van der Waals surface area contributed by atoms with E-state index in [0.29, 0.717) is 16.4 Å². The van der Waals surface area contributed by atoms with Gasteiger partial charge in [0.2, 0.25) is 5.91 Å². The highest BCUT2D eigenvalue weighted by Gasteiger charge is 2.13. The molecule has 1 amide bonds. The first kappa shape index (κ1) is 16.1. The number of rotatable bonds is 6. The van der Waals surface area contributed by atoms with E-state index >= 15 is 0 Å². The Hall–Kier alpha value is -0.910. The van der Waals surface area contributed by atoms with Crippen molar-refractivity contribution in [3.05, 3.63) is 23.2 Å². The van der Waals surface area contributed by atoms with E-state index in [9.17, 15) is 4.79 Å². The summed E-state index contributed by atoms with van der Waals surface area (Å²) >= 11 is 7.46. The molecule has 1 aromatic rings. The fraction of sp³-hybridized carbons (Fsp3) is 0.462. The number of nitrogens with two attached hydrogens (primary N) is 1. The summed E-state index contributed by atoms with van der Waals surface area (Å²) in [6.07, 6.45) is 0. The lowest BCUT2D eigenvalue weighted by atomic mass is 10.2. The van der Waals surface area contributed by atoms with E-state index in [2.05, 4.69) is 10.2 Å². The molecule has 4 nitrogen and oxygen atoms in total. The van der Waals surface area contributed by atoms with E-state index in [4.69, 9.17) is 17.3 Å². The molecule has 1 rings (SSSR count). The monoisotopic (exact) mass is 301 g/mol. The highest BCUT2D eigenvalue weighted by atomic mass is 35.5. The summed E-state index contributed by atoms with van der Waals surface area (Å²) in [6.45, 7) is 2.85. The molecule has 0 aliphatic carbocycles. The Morgan fingerprint density at radius 1 is 1.53 bits per heavy atom. The van der Waals surface area contributed by atoms with Gasteiger partial charge in [-0.1, -0.05) is 11.6 Å². The number of hydrogen-bond acceptors (Lipinski definition) is 4. The van der Waals surface area contributed by atoms with Gasteiger partial charge in [-0.05, 0) is 39.2 Å². The molecule has 0 aliphatic heterocycles. The zero-order valence-corrected chi connectivity index (χ0v) is 13.0. The van der Waals surface area contributed by atoms with Crippen LogP contribution < -0.4 is 11.1 Å². The molecule has 106 valence electrons. The van der Waals surface area contributed by atoms with Crippen LogP contribution in [0.2, 0.25) is 5.02 Å². The quantitative estimate of drug-likeness (QED) is 0.793. The molecular weight excluding hydrogens is 282 g/mol. The summed E-state index contributed by atoms with van der Waals surface area (Å²) in [4.78, 5) is 14.1. The molecule has 1 aromatic carbocycles. The summed E-state index contributed by atoms with van der Waals surface area (Å²) < 4.78 is 0. The number of benzene rings is 1. The molecule has 0 aliphatic rings. The minimum absolute atomic E-state index is 0.0227. The van der Waals surface area contributed by atoms with Gasteiger partial charge in [-0.25, -0.2) is 0 Å². The van der Waals surface area contributed by atoms with Crippen molar-refractivity contribution >= 4 is 40.6 Å². The van der Waals surface area contributed by atoms with Crippen molar-refractivity contribution in [2.45, 2.75) is 12.2 Å². The second-order valence-electron chi connectivity index (χ2n) is 4.54. The third-order valence-electron chi connectivity index (χ3n) is 2.54. The Morgan fingerprint density at radius 2 is 2.21 bits per heavy atom. The van der Waals surface area contributed by atoms with Gasteiger partial charge < -0.3 is 16.0 Å². The third kappa shape index (κ3) is 5.72. The van der Waals surface area contributed by atoms with Crippen LogP contribution in [-0.2, 0) is 4.79 Å². The molecule has 19 heavy (non-hydrogen) atoms. The summed E-state index contributed by atoms with van der Waals surface area (Å²) in [5, 5.41) is 3.23. The van der Waals surface area contributed by atoms with Crippen LogP contribution in [0.25, 0.3) is 0 Å². The largest absolute Gasteiger partial charge is 0.397 e. The summed E-state index contributed by atoms with van der Waals surface area (Å²) in [5.41, 5.74) is 6.83. The lowest BCUT2D eigenvalue weighted by Crippen LogP contribution is -2.24. The molecule has 0 aromatic heterocycles. The van der Waals surface area contributed by atoms with Crippen molar-refractivity contribution < 1.29 is 4.79 Å². The summed E-state index contributed by atoms with van der Waals surface area (Å²) in [5.74, 6) is 0.898. The molecule has 1 unspecified atom stereocenters. The number of thioether (sulfide) groups is 1. The van der Waals surface area contributed by atoms with Crippen LogP contribution in [0.5, 0.6) is 0 Å². The SMILES string of the molecule is CC(SCCN(C)C)C(=O)Nc1ccc(Cl)c(N)c1. The number of hydrogen-bond donors (Lipinski definition) is 2. The average molecular weight is 302 g/mol. The normalized spacial score (nSPS) is 12.5. The van der Waals surface area contributed by atoms with Gasteiger partial charge in [-0.2, -0.15) is 0 Å². The third-order valence-corrected chi connectivity index (χ3v) is 4.02. The first-order valence-electron chi connectivity index (χ1n) is 6.02. The molecule has 0 radical (unpaired) electrons. The summed E-state index contributed by atoms with van der Waals surface area (Å²) in [7, 11) is 4.03. The van der Waals surface area contributed by atoms with Crippen molar-refractivity contribution in [2.24, 2.45) is 0 Å². The molecule has 3 N–H and O–H groups in total. The number of nitrogens with zero attached hydrogens (tertiary/aromatic N) is 1. The van der Waals surface area contributed by atoms with Gasteiger partial charge in [0.1, 0.15) is 0 Å². The average Bonchev–Trinajstić information content (AvgIpc) is 2.33. The first-order valence-corrected chi connectivity index (χ1v) is 7.45. The smallest absolute Gasteiger partial charge is 0.237 e. The van der Waals surface area contributed by atoms with E-state index in [1.54, 1.807) is 30.0 Å². The molecule has 0 bridgehead atoms. The Labute approximate surface area is 123 Å². The van der Waals surface area contributed by atoms with Crippen LogP contribution in [0.1, 0.15) is 6.92 Å². The number of nitrogens with one attached hydrogen (secondary N) is 1. The van der Waals surface area contributed by atoms with Crippen LogP contribution in [0, 0.1) is 0 Å². The van der Waals surface area contributed by atoms with Gasteiger partial charge in [-0.3, -0.25) is 4.79 Å². The van der Waals surface area contributed by atoms with Gasteiger partial charge in [0, 0.05) is 18.0 Å². The van der Waals surface area contributed by atoms with Crippen LogP contribution in [0.15, 0.2) is 18.2 Å². The second-order valence-corrected chi connectivity index (χ2v) is 6.40. The number of halogens is 1. The molecule has 0 heterocycles. The van der Waals surface area contributed by atoms with Crippen molar-refractivity contribution in [1.82, 2.24) is 4.90 Å². The number of nitrogen functional groups attached to an aromatic ring is 1. The molecule has 1 atom stereocenters. The standard InChI is InChI=1S/C13H20ClN3OS/c1-9(19-7-6-17(2)3)13(18)16-10-4-5-11(14)12(15)8-10/h4-5,8-9H,6-7,15H2,1-3H3,(H,16,18). The highest BCUT2D eigenvalue weighted by molar-refractivity contribution is 8.00. The van der Waals surface area contributed by atoms with E-state index in [-0.39, 0.29) is 11.2 Å². The zero-order valence-electron chi connectivity index (χ0n) is 11.4. The number of anilines is 2. The fourth-order valence-electron chi connectivity index (χ4n) is 1.35. The fourth-order valence-corrected chi connectivity index (χ4v) is 2.51. The highest BCUT2D eigenvalue weighted by Crippen LogP contribution is 2.23. The van der Waals surface area contributed by atoms with E-state index in [1.165, 1.54) is 0 Å². The maximum atomic E-state index is 12.0. The van der Waals surface area contributed by atoms with Crippen LogP contribution >= 0.6 is 23.4 Å². The topological polar surface area (TPSA) is 58.4 Å². The van der Waals surface area contributed by atoms with Crippen LogP contribution in [0.3, 0.4) is 0 Å². The Kier molecular flexibility index (Phi) is 6.48. The van der Waals surface area contributed by atoms with Crippen molar-refractivity contribution in [2.75, 3.05) is 37.4 Å². The second kappa shape index (κ2) is 7.62. The van der Waals surface area contributed by atoms with Gasteiger partial charge in [-0.15, -0.1) is 11.8 Å². The van der Waals surface area contributed by atoms with Crippen LogP contribution in [-0.4, -0.2) is 42.4 Å². The minimum atomic E-state index is -0.100. The first-order chi connectivity index (χ1) is 8.90. The molecule has 6 heteroatoms. The van der Waals surface area contributed by atoms with E-state index in [1.807, 2.05) is 21.0 Å². The number of carbonyl (C=O) groups is 1. The molecule has 0 saturated heterocycles. The lowest BCUT2D eigenvalue weighted by molar-refractivity contribution is -0.115. The molecular formula is C13H20ClN3OS. The van der Waals surface area contributed by atoms with Gasteiger partial charge >= 0.3 is 0 Å². The Bertz CT molecular complexity index is 440. The maximum Gasteiger partial charge on any atom is 0.237 e. The van der Waals surface area contributed by atoms with Gasteiger partial charge in [0.05, 0.1) is 16.0 Å². The molecule has 0 saturated carbocycles. The van der Waals surface area contributed by atoms with E-state index < -0.39 is 0 Å². The van der Waals surface area contributed by atoms with Crippen molar-refractivity contribution in [3.63, 3.8) is 0 Å². The Morgan fingerprint density at radius 3 is 2.79 bits per heavy atom. The Balaban J connectivity index is 2.47. The van der Waals surface area contributed by atoms with Crippen molar-refractivity contribution in [3.8, 4) is 0 Å². The predicted molar refractivity (Wildman–Crippen MR) is 85.0 cm³/mol. The predicted octanol–water partition coefficient (Wildman–Crippen LogP) is 2.54. The maximum absolute atomic E-state index is 12.0.